The Morgan fingerprint density at radius 2 is 1.48 bits per heavy atom. The molecule has 17 heteroatoms. The standard InChI is InChI=1S/C9H21N5O4.C7H14N4O4/c1-7(8(15)13(2)18-3)5-4-6-11-9(10)12-14(16)17;1-5(6(12)13)3-2-4-9-7(8)10-11(14)15/h7-8,15H,4-6H2,1-3H3,(H3,10,11,12);5H,2-4H2,1H3,(H,12,13)(H3,8,9,10)/t7?,8-;/m0./s1. The molecule has 0 radical (unpaired) electrons. The third-order valence-electron chi connectivity index (χ3n) is 4.18. The normalized spacial score (nSPS) is 14.5. The number of nitro groups is 2. The Morgan fingerprint density at radius 1 is 1.06 bits per heavy atom. The molecule has 0 aromatic heterocycles. The number of carboxylic acid groups (broad SMARTS) is 1. The number of guanidine groups is 2. The van der Waals surface area contributed by atoms with Gasteiger partial charge in [0.15, 0.2) is 10.1 Å². The summed E-state index contributed by atoms with van der Waals surface area (Å²) >= 11 is 0. The average Bonchev–Trinajstić information content (AvgIpc) is 2.72. The van der Waals surface area contributed by atoms with E-state index in [1.807, 2.05) is 6.92 Å². The van der Waals surface area contributed by atoms with Crippen molar-refractivity contribution in [1.29, 1.82) is 0 Å². The van der Waals surface area contributed by atoms with E-state index in [-0.39, 0.29) is 24.4 Å². The van der Waals surface area contributed by atoms with Gasteiger partial charge in [0.05, 0.1) is 13.0 Å². The molecular weight excluding hydrogens is 446 g/mol. The lowest BCUT2D eigenvalue weighted by Gasteiger charge is -2.26. The Morgan fingerprint density at radius 3 is 1.85 bits per heavy atom. The van der Waals surface area contributed by atoms with Gasteiger partial charge < -0.3 is 26.5 Å². The number of hydrogen-bond acceptors (Lipinski definition) is 10. The van der Waals surface area contributed by atoms with Gasteiger partial charge in [0, 0.05) is 20.1 Å². The van der Waals surface area contributed by atoms with Crippen LogP contribution in [0.1, 0.15) is 39.5 Å². The summed E-state index contributed by atoms with van der Waals surface area (Å²) in [6.07, 6.45) is 1.64. The molecule has 0 spiro atoms. The molecule has 0 rings (SSSR count). The van der Waals surface area contributed by atoms with Crippen LogP contribution in [0.5, 0.6) is 0 Å². The second-order valence-corrected chi connectivity index (χ2v) is 6.92. The molecule has 0 aliphatic carbocycles. The van der Waals surface area contributed by atoms with Gasteiger partial charge >= 0.3 is 5.97 Å². The van der Waals surface area contributed by atoms with Crippen LogP contribution < -0.4 is 22.3 Å². The van der Waals surface area contributed by atoms with E-state index >= 15 is 0 Å². The lowest BCUT2D eigenvalue weighted by molar-refractivity contribution is -0.525. The number of carbonyl (C=O) groups is 1. The van der Waals surface area contributed by atoms with Gasteiger partial charge in [-0.2, -0.15) is 5.06 Å². The van der Waals surface area contributed by atoms with Crippen molar-refractivity contribution in [3.8, 4) is 0 Å². The first-order valence-corrected chi connectivity index (χ1v) is 9.91. The van der Waals surface area contributed by atoms with Crippen LogP contribution in [0.25, 0.3) is 0 Å². The number of nitrogens with one attached hydrogen (secondary N) is 2. The minimum absolute atomic E-state index is 0.00477. The maximum Gasteiger partial charge on any atom is 0.306 e. The van der Waals surface area contributed by atoms with E-state index in [2.05, 4.69) is 9.98 Å². The summed E-state index contributed by atoms with van der Waals surface area (Å²) in [6.45, 7) is 4.10. The van der Waals surface area contributed by atoms with Crippen LogP contribution in [0, 0.1) is 32.1 Å². The molecule has 0 bridgehead atoms. The number of hydrazine groups is 2. The monoisotopic (exact) mass is 481 g/mol. The Kier molecular flexibility index (Phi) is 17.7. The number of aliphatic carboxylic acids is 1. The van der Waals surface area contributed by atoms with Gasteiger partial charge in [0.2, 0.25) is 0 Å². The molecule has 0 heterocycles. The fraction of sp³-hybridized carbons (Fsp3) is 0.812. The quantitative estimate of drug-likeness (QED) is 0.0430. The Bertz CT molecular complexity index is 662. The van der Waals surface area contributed by atoms with E-state index in [0.29, 0.717) is 32.2 Å². The maximum absolute atomic E-state index is 10.4. The molecule has 192 valence electrons. The topological polar surface area (TPSA) is 257 Å². The van der Waals surface area contributed by atoms with Crippen molar-refractivity contribution in [3.05, 3.63) is 20.2 Å². The summed E-state index contributed by atoms with van der Waals surface area (Å²) in [5.74, 6) is -1.81. The largest absolute Gasteiger partial charge is 0.481 e. The van der Waals surface area contributed by atoms with Gasteiger partial charge in [-0.15, -0.1) is 0 Å². The van der Waals surface area contributed by atoms with Crippen LogP contribution in [-0.4, -0.2) is 76.7 Å². The van der Waals surface area contributed by atoms with E-state index in [1.165, 1.54) is 12.2 Å². The van der Waals surface area contributed by atoms with Crippen LogP contribution >= 0.6 is 0 Å². The van der Waals surface area contributed by atoms with Crippen LogP contribution in [-0.2, 0) is 9.63 Å². The van der Waals surface area contributed by atoms with E-state index in [9.17, 15) is 30.1 Å². The molecular formula is C16H35N9O8. The Labute approximate surface area is 191 Å². The molecule has 0 saturated heterocycles. The number of aliphatic hydroxyl groups is 1. The van der Waals surface area contributed by atoms with Crippen molar-refractivity contribution in [2.75, 3.05) is 27.2 Å². The van der Waals surface area contributed by atoms with Crippen molar-refractivity contribution < 1.29 is 29.9 Å². The van der Waals surface area contributed by atoms with Gasteiger partial charge in [-0.05, 0) is 31.6 Å². The van der Waals surface area contributed by atoms with Crippen molar-refractivity contribution in [2.24, 2.45) is 33.3 Å². The van der Waals surface area contributed by atoms with Gasteiger partial charge in [0.25, 0.3) is 11.9 Å². The van der Waals surface area contributed by atoms with Gasteiger partial charge in [0.1, 0.15) is 6.23 Å². The van der Waals surface area contributed by atoms with E-state index in [0.717, 1.165) is 0 Å². The van der Waals surface area contributed by atoms with Gasteiger partial charge in [-0.1, -0.05) is 24.7 Å². The SMILES string of the molecule is CC(CCCN=C(N)N[N+](=O)[O-])C(=O)O.CON(C)[C@@H](O)C(C)CCCN=C(N)N[N+](=O)[O-]. The molecule has 0 amide bonds. The highest BCUT2D eigenvalue weighted by molar-refractivity contribution is 5.76. The molecule has 8 N–H and O–H groups in total. The minimum atomic E-state index is -0.865. The smallest absolute Gasteiger partial charge is 0.306 e. The summed E-state index contributed by atoms with van der Waals surface area (Å²) in [5.41, 5.74) is 13.8. The molecule has 0 aromatic carbocycles. The Hall–Kier alpha value is -3.31. The third-order valence-corrected chi connectivity index (χ3v) is 4.18. The number of nitrogens with zero attached hydrogens (tertiary/aromatic N) is 5. The zero-order valence-electron chi connectivity index (χ0n) is 19.2. The first-order valence-electron chi connectivity index (χ1n) is 9.91. The summed E-state index contributed by atoms with van der Waals surface area (Å²) in [6, 6.07) is 0. The minimum Gasteiger partial charge on any atom is -0.481 e. The predicted octanol–water partition coefficient (Wildman–Crippen LogP) is -1.11. The molecule has 0 fully saturated rings. The van der Waals surface area contributed by atoms with Crippen LogP contribution in [0.3, 0.4) is 0 Å². The molecule has 33 heavy (non-hydrogen) atoms. The summed E-state index contributed by atoms with van der Waals surface area (Å²) < 4.78 is 0. The predicted molar refractivity (Wildman–Crippen MR) is 118 cm³/mol. The average molecular weight is 482 g/mol. The lowest BCUT2D eigenvalue weighted by Crippen LogP contribution is -2.36. The van der Waals surface area contributed by atoms with Crippen molar-refractivity contribution in [1.82, 2.24) is 15.9 Å². The van der Waals surface area contributed by atoms with Crippen molar-refractivity contribution in [2.45, 2.75) is 45.8 Å². The van der Waals surface area contributed by atoms with Gasteiger partial charge in [-0.3, -0.25) is 4.79 Å². The van der Waals surface area contributed by atoms with Gasteiger partial charge in [-0.25, -0.2) is 30.2 Å². The molecule has 0 aliphatic rings. The summed E-state index contributed by atoms with van der Waals surface area (Å²) in [4.78, 5) is 42.6. The van der Waals surface area contributed by atoms with Crippen LogP contribution in [0.15, 0.2) is 9.98 Å². The highest BCUT2D eigenvalue weighted by Gasteiger charge is 2.18. The van der Waals surface area contributed by atoms with Crippen molar-refractivity contribution >= 4 is 17.9 Å². The fourth-order valence-corrected chi connectivity index (χ4v) is 2.21. The number of rotatable bonds is 14. The third kappa shape index (κ3) is 19.1. The molecule has 0 saturated carbocycles. The zero-order chi connectivity index (χ0) is 26.0. The number of carboxylic acids is 1. The number of hydrogen-bond donors (Lipinski definition) is 6. The summed E-state index contributed by atoms with van der Waals surface area (Å²) in [5, 5.41) is 38.0. The highest BCUT2D eigenvalue weighted by Crippen LogP contribution is 2.13. The van der Waals surface area contributed by atoms with Crippen LogP contribution in [0.4, 0.5) is 0 Å². The molecule has 0 aliphatic heterocycles. The maximum atomic E-state index is 10.4. The number of hydroxylamine groups is 2. The van der Waals surface area contributed by atoms with E-state index in [4.69, 9.17) is 21.4 Å². The number of aliphatic imine (C=N–C) groups is 2. The molecule has 17 nitrogen and oxygen atoms in total. The zero-order valence-corrected chi connectivity index (χ0v) is 19.2. The molecule has 0 aromatic rings. The van der Waals surface area contributed by atoms with E-state index < -0.39 is 28.2 Å². The first kappa shape index (κ1) is 31.9. The second kappa shape index (κ2) is 18.3. The second-order valence-electron chi connectivity index (χ2n) is 6.92. The molecule has 2 unspecified atom stereocenters. The number of nitrogens with two attached hydrogens (primary N) is 2. The van der Waals surface area contributed by atoms with Crippen molar-refractivity contribution in [3.63, 3.8) is 0 Å². The Balaban J connectivity index is 0. The molecule has 3 atom stereocenters. The highest BCUT2D eigenvalue weighted by atomic mass is 16.7. The summed E-state index contributed by atoms with van der Waals surface area (Å²) in [7, 11) is 3.11. The van der Waals surface area contributed by atoms with Crippen LogP contribution in [0.2, 0.25) is 0 Å². The number of aliphatic hydroxyl groups excluding tert-OH is 1. The fourth-order valence-electron chi connectivity index (χ4n) is 2.21. The first-order chi connectivity index (χ1) is 15.3. The lowest BCUT2D eigenvalue weighted by atomic mass is 10.0. The van der Waals surface area contributed by atoms with E-state index in [1.54, 1.807) is 24.8 Å².